The van der Waals surface area contributed by atoms with Crippen molar-refractivity contribution in [3.8, 4) is 0 Å². The molecule has 0 spiro atoms. The smallest absolute Gasteiger partial charge is 0.311 e. The van der Waals surface area contributed by atoms with E-state index in [1.165, 1.54) is 36.6 Å². The summed E-state index contributed by atoms with van der Waals surface area (Å²) in [5.41, 5.74) is 4.18. The summed E-state index contributed by atoms with van der Waals surface area (Å²) < 4.78 is 5.19. The summed E-state index contributed by atoms with van der Waals surface area (Å²) in [6.45, 7) is 13.3. The summed E-state index contributed by atoms with van der Waals surface area (Å²) in [7, 11) is 1.53. The Morgan fingerprint density at radius 1 is 1.23 bits per heavy atom. The van der Waals surface area contributed by atoms with Crippen LogP contribution in [0.2, 0.25) is 0 Å². The molecule has 0 bridgehead atoms. The molecule has 26 heavy (non-hydrogen) atoms. The molecule has 3 unspecified atom stereocenters. The number of fused-ring (bicyclic) bond motifs is 3. The van der Waals surface area contributed by atoms with Gasteiger partial charge < -0.3 is 4.74 Å². The van der Waals surface area contributed by atoms with Crippen LogP contribution in [0.25, 0.3) is 0 Å². The molecule has 2 nitrogen and oxygen atoms in total. The lowest BCUT2D eigenvalue weighted by atomic mass is 9.49. The van der Waals surface area contributed by atoms with Gasteiger partial charge in [-0.1, -0.05) is 65.7 Å². The van der Waals surface area contributed by atoms with E-state index in [2.05, 4.69) is 59.7 Å². The van der Waals surface area contributed by atoms with Gasteiger partial charge in [0.05, 0.1) is 12.5 Å². The quantitative estimate of drug-likeness (QED) is 0.571. The number of methoxy groups -OCH3 is 1. The number of hydrogen-bond donors (Lipinski definition) is 0. The molecule has 0 aromatic heterocycles. The van der Waals surface area contributed by atoms with Gasteiger partial charge >= 0.3 is 5.97 Å². The van der Waals surface area contributed by atoms with Crippen molar-refractivity contribution in [1.82, 2.24) is 0 Å². The van der Waals surface area contributed by atoms with Crippen LogP contribution in [0.4, 0.5) is 0 Å². The van der Waals surface area contributed by atoms with Crippen LogP contribution in [0.5, 0.6) is 0 Å². The summed E-state index contributed by atoms with van der Waals surface area (Å²) in [4.78, 5) is 12.5. The molecule has 146 valence electrons. The van der Waals surface area contributed by atoms with Crippen LogP contribution in [0, 0.1) is 11.3 Å². The third kappa shape index (κ3) is 3.57. The third-order valence-electron chi connectivity index (χ3n) is 6.70. The first kappa shape index (κ1) is 21.0. The topological polar surface area (TPSA) is 26.3 Å². The van der Waals surface area contributed by atoms with E-state index in [1.54, 1.807) is 0 Å². The predicted octanol–water partition coefficient (Wildman–Crippen LogP) is 6.41. The maximum atomic E-state index is 12.5. The number of benzene rings is 1. The lowest BCUT2D eigenvalue weighted by Crippen LogP contribution is -2.52. The van der Waals surface area contributed by atoms with Gasteiger partial charge in [0.15, 0.2) is 0 Å². The Labute approximate surface area is 160 Å². The van der Waals surface area contributed by atoms with Crippen LogP contribution in [0.3, 0.4) is 0 Å². The molecule has 3 rings (SSSR count). The van der Waals surface area contributed by atoms with Crippen LogP contribution in [-0.4, -0.2) is 13.1 Å². The van der Waals surface area contributed by atoms with Crippen LogP contribution in [0.1, 0.15) is 96.3 Å². The zero-order valence-corrected chi connectivity index (χ0v) is 17.9. The second kappa shape index (κ2) is 8.15. The standard InChI is InChI=1S/C21H30O2.C3H8/c1-14(2)15-7-9-17-16(13-15)8-10-18-20(17,3)11-6-12-21(18,4)19(22)23-5;1-3-2/h7,9,13-14,18H,6,8,10-12H2,1-5H3;3H2,1-2H3. The normalized spacial score (nSPS) is 29.9. The Hall–Kier alpha value is -1.31. The summed E-state index contributed by atoms with van der Waals surface area (Å²) in [6, 6.07) is 7.05. The molecule has 1 saturated carbocycles. The average Bonchev–Trinajstić information content (AvgIpc) is 2.61. The van der Waals surface area contributed by atoms with E-state index in [-0.39, 0.29) is 16.8 Å². The lowest BCUT2D eigenvalue weighted by molar-refractivity contribution is -0.161. The molecule has 0 heterocycles. The number of hydrogen-bond acceptors (Lipinski definition) is 2. The van der Waals surface area contributed by atoms with Crippen molar-refractivity contribution in [3.05, 3.63) is 34.9 Å². The fraction of sp³-hybridized carbons (Fsp3) is 0.708. The molecule has 0 saturated heterocycles. The van der Waals surface area contributed by atoms with E-state index in [0.29, 0.717) is 11.8 Å². The Balaban J connectivity index is 0.000000758. The van der Waals surface area contributed by atoms with E-state index in [0.717, 1.165) is 25.7 Å². The van der Waals surface area contributed by atoms with Gasteiger partial charge in [-0.2, -0.15) is 0 Å². The van der Waals surface area contributed by atoms with Gasteiger partial charge in [-0.05, 0) is 66.5 Å². The highest BCUT2D eigenvalue weighted by atomic mass is 16.5. The molecule has 2 heteroatoms. The number of carbonyl (C=O) groups excluding carboxylic acids is 1. The maximum Gasteiger partial charge on any atom is 0.311 e. The molecule has 2 aliphatic carbocycles. The molecule has 1 aromatic rings. The highest BCUT2D eigenvalue weighted by Gasteiger charge is 2.55. The third-order valence-corrected chi connectivity index (χ3v) is 6.70. The van der Waals surface area contributed by atoms with Gasteiger partial charge in [-0.3, -0.25) is 4.79 Å². The van der Waals surface area contributed by atoms with Crippen LogP contribution >= 0.6 is 0 Å². The van der Waals surface area contributed by atoms with E-state index in [9.17, 15) is 4.79 Å². The number of rotatable bonds is 2. The summed E-state index contributed by atoms with van der Waals surface area (Å²) in [5, 5.41) is 0. The molecular formula is C24H38O2. The van der Waals surface area contributed by atoms with Crippen molar-refractivity contribution in [2.45, 2.75) is 91.4 Å². The molecule has 0 aliphatic heterocycles. The largest absolute Gasteiger partial charge is 0.469 e. The van der Waals surface area contributed by atoms with Crippen LogP contribution in [0.15, 0.2) is 18.2 Å². The lowest BCUT2D eigenvalue weighted by Gasteiger charge is -2.54. The number of ether oxygens (including phenoxy) is 1. The highest BCUT2D eigenvalue weighted by Crippen LogP contribution is 2.57. The van der Waals surface area contributed by atoms with Gasteiger partial charge in [-0.25, -0.2) is 0 Å². The second-order valence-electron chi connectivity index (χ2n) is 9.05. The monoisotopic (exact) mass is 358 g/mol. The van der Waals surface area contributed by atoms with E-state index >= 15 is 0 Å². The molecule has 3 atom stereocenters. The number of aryl methyl sites for hydroxylation is 1. The highest BCUT2D eigenvalue weighted by molar-refractivity contribution is 5.77. The van der Waals surface area contributed by atoms with Crippen molar-refractivity contribution in [2.75, 3.05) is 7.11 Å². The van der Waals surface area contributed by atoms with Gasteiger partial charge in [0.25, 0.3) is 0 Å². The fourth-order valence-corrected chi connectivity index (χ4v) is 5.35. The van der Waals surface area contributed by atoms with E-state index in [1.807, 2.05) is 0 Å². The summed E-state index contributed by atoms with van der Waals surface area (Å²) >= 11 is 0. The molecule has 2 aliphatic rings. The van der Waals surface area contributed by atoms with Crippen LogP contribution < -0.4 is 0 Å². The van der Waals surface area contributed by atoms with Crippen LogP contribution in [-0.2, 0) is 21.4 Å². The first-order valence-electron chi connectivity index (χ1n) is 10.5. The maximum absolute atomic E-state index is 12.5. The zero-order chi connectivity index (χ0) is 19.5. The first-order valence-corrected chi connectivity index (χ1v) is 10.5. The van der Waals surface area contributed by atoms with E-state index < -0.39 is 0 Å². The van der Waals surface area contributed by atoms with E-state index in [4.69, 9.17) is 4.74 Å². The number of carbonyl (C=O) groups is 1. The summed E-state index contributed by atoms with van der Waals surface area (Å²) in [5.74, 6) is 0.932. The second-order valence-corrected chi connectivity index (χ2v) is 9.05. The van der Waals surface area contributed by atoms with Crippen molar-refractivity contribution in [2.24, 2.45) is 11.3 Å². The van der Waals surface area contributed by atoms with Crippen molar-refractivity contribution < 1.29 is 9.53 Å². The minimum atomic E-state index is -0.337. The minimum Gasteiger partial charge on any atom is -0.469 e. The first-order chi connectivity index (χ1) is 12.2. The molecule has 0 N–H and O–H groups in total. The molecule has 1 aromatic carbocycles. The van der Waals surface area contributed by atoms with Gasteiger partial charge in [0.1, 0.15) is 0 Å². The average molecular weight is 359 g/mol. The molecule has 0 radical (unpaired) electrons. The van der Waals surface area contributed by atoms with Crippen molar-refractivity contribution in [3.63, 3.8) is 0 Å². The Morgan fingerprint density at radius 2 is 1.88 bits per heavy atom. The fourth-order valence-electron chi connectivity index (χ4n) is 5.35. The predicted molar refractivity (Wildman–Crippen MR) is 110 cm³/mol. The Morgan fingerprint density at radius 3 is 2.46 bits per heavy atom. The zero-order valence-electron chi connectivity index (χ0n) is 17.9. The Bertz CT molecular complexity index is 633. The number of esters is 1. The van der Waals surface area contributed by atoms with Gasteiger partial charge in [0.2, 0.25) is 0 Å². The molecule has 0 amide bonds. The van der Waals surface area contributed by atoms with Gasteiger partial charge in [-0.15, -0.1) is 0 Å². The molecular weight excluding hydrogens is 320 g/mol. The van der Waals surface area contributed by atoms with Crippen molar-refractivity contribution in [1.29, 1.82) is 0 Å². The van der Waals surface area contributed by atoms with Crippen molar-refractivity contribution >= 4 is 5.97 Å². The van der Waals surface area contributed by atoms with Gasteiger partial charge in [0, 0.05) is 0 Å². The molecule has 1 fully saturated rings. The SMILES string of the molecule is CCC.COC(=O)C1(C)CCCC2(C)c3ccc(C(C)C)cc3CCC12. The summed E-state index contributed by atoms with van der Waals surface area (Å²) in [6.07, 6.45) is 6.67. The Kier molecular flexibility index (Phi) is 6.58. The minimum absolute atomic E-state index is 0.0179.